The van der Waals surface area contributed by atoms with Crippen molar-refractivity contribution in [1.82, 2.24) is 9.62 Å². The minimum atomic E-state index is -4.28. The number of fused-ring (bicyclic) bond motifs is 2. The molecular formula is C11H20ClF3N2O2S. The van der Waals surface area contributed by atoms with Gasteiger partial charge in [-0.15, -0.1) is 12.4 Å². The van der Waals surface area contributed by atoms with Gasteiger partial charge in [0.2, 0.25) is 10.0 Å². The van der Waals surface area contributed by atoms with Gasteiger partial charge in [0.25, 0.3) is 0 Å². The molecule has 0 aliphatic carbocycles. The SMILES string of the molecule is Cl.O=S(=O)(CCCC(F)(F)F)N1CCC2CCC(C1)N2. The van der Waals surface area contributed by atoms with Gasteiger partial charge < -0.3 is 5.32 Å². The van der Waals surface area contributed by atoms with Crippen LogP contribution in [0.3, 0.4) is 0 Å². The number of hydrogen-bond donors (Lipinski definition) is 1. The van der Waals surface area contributed by atoms with Crippen LogP contribution in [0.5, 0.6) is 0 Å². The molecule has 1 N–H and O–H groups in total. The second kappa shape index (κ2) is 6.81. The van der Waals surface area contributed by atoms with Crippen LogP contribution >= 0.6 is 12.4 Å². The maximum absolute atomic E-state index is 12.0. The summed E-state index contributed by atoms with van der Waals surface area (Å²) in [4.78, 5) is 0. The van der Waals surface area contributed by atoms with Gasteiger partial charge in [-0.1, -0.05) is 0 Å². The van der Waals surface area contributed by atoms with E-state index in [2.05, 4.69) is 5.32 Å². The first-order valence-corrected chi connectivity index (χ1v) is 8.18. The molecule has 0 amide bonds. The molecule has 2 aliphatic rings. The second-order valence-corrected chi connectivity index (χ2v) is 7.41. The highest BCUT2D eigenvalue weighted by atomic mass is 35.5. The first-order chi connectivity index (χ1) is 8.76. The lowest BCUT2D eigenvalue weighted by Gasteiger charge is -2.23. The number of sulfonamides is 1. The summed E-state index contributed by atoms with van der Waals surface area (Å²) in [5.41, 5.74) is 0. The Morgan fingerprint density at radius 1 is 1.15 bits per heavy atom. The van der Waals surface area contributed by atoms with Crippen molar-refractivity contribution in [3.8, 4) is 0 Å². The Morgan fingerprint density at radius 3 is 2.45 bits per heavy atom. The molecule has 20 heavy (non-hydrogen) atoms. The van der Waals surface area contributed by atoms with E-state index in [0.29, 0.717) is 19.1 Å². The van der Waals surface area contributed by atoms with E-state index in [1.54, 1.807) is 0 Å². The van der Waals surface area contributed by atoms with Crippen molar-refractivity contribution in [2.45, 2.75) is 50.4 Å². The summed E-state index contributed by atoms with van der Waals surface area (Å²) >= 11 is 0. The zero-order chi connectivity index (χ0) is 14.1. The van der Waals surface area contributed by atoms with Gasteiger partial charge in [0, 0.05) is 31.6 Å². The van der Waals surface area contributed by atoms with Crippen molar-refractivity contribution in [1.29, 1.82) is 0 Å². The highest BCUT2D eigenvalue weighted by molar-refractivity contribution is 7.89. The Bertz CT molecular complexity index is 416. The molecule has 0 radical (unpaired) electrons. The second-order valence-electron chi connectivity index (χ2n) is 5.32. The minimum Gasteiger partial charge on any atom is -0.310 e. The summed E-state index contributed by atoms with van der Waals surface area (Å²) in [6.45, 7) is 0.813. The number of rotatable bonds is 4. The first kappa shape index (κ1) is 18.0. The van der Waals surface area contributed by atoms with E-state index in [0.717, 1.165) is 19.3 Å². The van der Waals surface area contributed by atoms with E-state index in [4.69, 9.17) is 0 Å². The summed E-state index contributed by atoms with van der Waals surface area (Å²) < 4.78 is 61.6. The van der Waals surface area contributed by atoms with Crippen LogP contribution in [0.1, 0.15) is 32.1 Å². The molecule has 0 aromatic heterocycles. The van der Waals surface area contributed by atoms with E-state index >= 15 is 0 Å². The number of hydrogen-bond acceptors (Lipinski definition) is 3. The Labute approximate surface area is 123 Å². The quantitative estimate of drug-likeness (QED) is 0.853. The van der Waals surface area contributed by atoms with Crippen LogP contribution in [0.15, 0.2) is 0 Å². The lowest BCUT2D eigenvalue weighted by molar-refractivity contribution is -0.134. The Hall–Kier alpha value is -0.0500. The predicted octanol–water partition coefficient (Wildman–Crippen LogP) is 1.91. The maximum atomic E-state index is 12.0. The standard InChI is InChI=1S/C11H19F3N2O2S.ClH/c12-11(13,14)5-1-7-19(17,18)16-6-4-9-2-3-10(8-16)15-9;/h9-10,15H,1-8H2;1H. The van der Waals surface area contributed by atoms with E-state index in [1.165, 1.54) is 4.31 Å². The molecule has 0 aromatic carbocycles. The highest BCUT2D eigenvalue weighted by Gasteiger charge is 2.34. The van der Waals surface area contributed by atoms with Crippen LogP contribution in [0.4, 0.5) is 13.2 Å². The zero-order valence-electron chi connectivity index (χ0n) is 11.0. The van der Waals surface area contributed by atoms with Gasteiger partial charge in [-0.05, 0) is 25.7 Å². The average Bonchev–Trinajstić information content (AvgIpc) is 2.55. The maximum Gasteiger partial charge on any atom is 0.389 e. The molecule has 2 heterocycles. The van der Waals surface area contributed by atoms with Gasteiger partial charge >= 0.3 is 6.18 Å². The molecule has 0 saturated carbocycles. The largest absolute Gasteiger partial charge is 0.389 e. The van der Waals surface area contributed by atoms with Crippen LogP contribution in [-0.4, -0.2) is 49.8 Å². The van der Waals surface area contributed by atoms with Crippen molar-refractivity contribution < 1.29 is 21.6 Å². The molecule has 0 spiro atoms. The van der Waals surface area contributed by atoms with Gasteiger partial charge in [0.15, 0.2) is 0 Å². The minimum absolute atomic E-state index is 0. The van der Waals surface area contributed by atoms with Gasteiger partial charge in [-0.2, -0.15) is 13.2 Å². The van der Waals surface area contributed by atoms with Crippen molar-refractivity contribution >= 4 is 22.4 Å². The third kappa shape index (κ3) is 5.05. The van der Waals surface area contributed by atoms with E-state index in [9.17, 15) is 21.6 Å². The predicted molar refractivity (Wildman–Crippen MR) is 72.5 cm³/mol. The molecule has 2 bridgehead atoms. The molecule has 0 aromatic rings. The Kier molecular flexibility index (Phi) is 6.13. The summed E-state index contributed by atoms with van der Waals surface area (Å²) in [6, 6.07) is 0.519. The van der Waals surface area contributed by atoms with Crippen LogP contribution in [-0.2, 0) is 10.0 Å². The molecule has 120 valence electrons. The molecule has 2 rings (SSSR count). The molecule has 2 fully saturated rings. The Morgan fingerprint density at radius 2 is 1.80 bits per heavy atom. The van der Waals surface area contributed by atoms with Crippen molar-refractivity contribution in [3.63, 3.8) is 0 Å². The summed E-state index contributed by atoms with van der Waals surface area (Å²) in [7, 11) is -3.56. The van der Waals surface area contributed by atoms with Gasteiger partial charge in [-0.25, -0.2) is 12.7 Å². The molecular weight excluding hydrogens is 317 g/mol. The highest BCUT2D eigenvalue weighted by Crippen LogP contribution is 2.24. The summed E-state index contributed by atoms with van der Waals surface area (Å²) in [5.74, 6) is -0.413. The normalized spacial score (nSPS) is 27.9. The van der Waals surface area contributed by atoms with Crippen LogP contribution in [0.25, 0.3) is 0 Å². The third-order valence-electron chi connectivity index (χ3n) is 3.74. The fraction of sp³-hybridized carbons (Fsp3) is 1.00. The molecule has 2 saturated heterocycles. The van der Waals surface area contributed by atoms with Crippen LogP contribution in [0, 0.1) is 0 Å². The molecule has 4 nitrogen and oxygen atoms in total. The lowest BCUT2D eigenvalue weighted by Crippen LogP contribution is -2.40. The monoisotopic (exact) mass is 336 g/mol. The Balaban J connectivity index is 0.00000200. The molecule has 2 atom stereocenters. The lowest BCUT2D eigenvalue weighted by atomic mass is 10.1. The molecule has 2 aliphatic heterocycles. The van der Waals surface area contributed by atoms with Gasteiger partial charge in [0.05, 0.1) is 5.75 Å². The average molecular weight is 337 g/mol. The summed E-state index contributed by atoms with van der Waals surface area (Å²) in [6.07, 6.45) is -2.93. The number of alkyl halides is 3. The van der Waals surface area contributed by atoms with Crippen LogP contribution in [0.2, 0.25) is 0 Å². The van der Waals surface area contributed by atoms with Crippen molar-refractivity contribution in [2.24, 2.45) is 0 Å². The third-order valence-corrected chi connectivity index (χ3v) is 5.66. The van der Waals surface area contributed by atoms with Gasteiger partial charge in [0.1, 0.15) is 0 Å². The van der Waals surface area contributed by atoms with E-state index < -0.39 is 28.4 Å². The van der Waals surface area contributed by atoms with Crippen molar-refractivity contribution in [2.75, 3.05) is 18.8 Å². The number of halogens is 4. The topological polar surface area (TPSA) is 49.4 Å². The van der Waals surface area contributed by atoms with Gasteiger partial charge in [-0.3, -0.25) is 0 Å². The zero-order valence-corrected chi connectivity index (χ0v) is 12.7. The summed E-state index contributed by atoms with van der Waals surface area (Å²) in [5, 5.41) is 3.35. The van der Waals surface area contributed by atoms with E-state index in [1.807, 2.05) is 0 Å². The van der Waals surface area contributed by atoms with Crippen molar-refractivity contribution in [3.05, 3.63) is 0 Å². The van der Waals surface area contributed by atoms with E-state index in [-0.39, 0.29) is 24.9 Å². The fourth-order valence-corrected chi connectivity index (χ4v) is 4.31. The number of nitrogens with zero attached hydrogens (tertiary/aromatic N) is 1. The fourth-order valence-electron chi connectivity index (χ4n) is 2.75. The smallest absolute Gasteiger partial charge is 0.310 e. The number of nitrogens with one attached hydrogen (secondary N) is 1. The molecule has 9 heteroatoms. The first-order valence-electron chi connectivity index (χ1n) is 6.57. The molecule has 2 unspecified atom stereocenters. The van der Waals surface area contributed by atoms with Crippen LogP contribution < -0.4 is 5.32 Å².